The van der Waals surface area contributed by atoms with Crippen LogP contribution in [0.25, 0.3) is 11.0 Å². The molecule has 0 aliphatic carbocycles. The van der Waals surface area contributed by atoms with Gasteiger partial charge in [0.25, 0.3) is 0 Å². The number of likely N-dealkylation sites (N-methyl/N-ethyl adjacent to an activating group) is 1. The number of aromatic nitrogens is 2. The van der Waals surface area contributed by atoms with Crippen molar-refractivity contribution in [3.8, 4) is 0 Å². The van der Waals surface area contributed by atoms with E-state index in [4.69, 9.17) is 0 Å². The third-order valence-corrected chi connectivity index (χ3v) is 3.63. The van der Waals surface area contributed by atoms with Gasteiger partial charge in [-0.1, -0.05) is 27.7 Å². The Morgan fingerprint density at radius 2 is 2.00 bits per heavy atom. The number of fused-ring (bicyclic) bond motifs is 1. The molecule has 4 heteroatoms. The van der Waals surface area contributed by atoms with Crippen LogP contribution in [0.5, 0.6) is 0 Å². The smallest absolute Gasteiger partial charge is 0.176 e. The van der Waals surface area contributed by atoms with Crippen LogP contribution in [0.3, 0.4) is 0 Å². The molecule has 0 aliphatic heterocycles. The van der Waals surface area contributed by atoms with E-state index in [0.29, 0.717) is 12.5 Å². The van der Waals surface area contributed by atoms with Crippen LogP contribution in [0.4, 0.5) is 0 Å². The van der Waals surface area contributed by atoms with E-state index >= 15 is 0 Å². The number of H-pyrrole nitrogens is 1. The predicted octanol–water partition coefficient (Wildman–Crippen LogP) is 3.21. The van der Waals surface area contributed by atoms with Gasteiger partial charge >= 0.3 is 0 Å². The van der Waals surface area contributed by atoms with Crippen molar-refractivity contribution in [2.45, 2.75) is 33.6 Å². The fourth-order valence-electron chi connectivity index (χ4n) is 2.22. The summed E-state index contributed by atoms with van der Waals surface area (Å²) in [6.45, 7) is 10.6. The first-order valence-electron chi connectivity index (χ1n) is 7.30. The maximum Gasteiger partial charge on any atom is 0.176 e. The summed E-state index contributed by atoms with van der Waals surface area (Å²) in [6, 6.07) is 5.71. The van der Waals surface area contributed by atoms with Crippen LogP contribution >= 0.6 is 0 Å². The van der Waals surface area contributed by atoms with Crippen LogP contribution in [0.1, 0.15) is 49.8 Å². The molecule has 0 saturated carbocycles. The number of hydrogen-bond donors (Lipinski definition) is 1. The summed E-state index contributed by atoms with van der Waals surface area (Å²) in [6.07, 6.45) is 0. The van der Waals surface area contributed by atoms with Gasteiger partial charge in [-0.2, -0.15) is 0 Å². The number of carbonyl (C=O) groups is 1. The van der Waals surface area contributed by atoms with Gasteiger partial charge in [-0.3, -0.25) is 9.69 Å². The highest BCUT2D eigenvalue weighted by Gasteiger charge is 2.12. The standard InChI is InChI=1S/C16H23N3O/c1-5-19(6-2)10-15(20)12-7-8-13-14(9-12)18-16(17-13)11(3)4/h7-9,11H,5-6,10H2,1-4H3,(H,17,18). The van der Waals surface area contributed by atoms with E-state index in [9.17, 15) is 4.79 Å². The molecule has 2 aromatic rings. The minimum Gasteiger partial charge on any atom is -0.342 e. The van der Waals surface area contributed by atoms with Gasteiger partial charge in [0.1, 0.15) is 5.82 Å². The number of hydrogen-bond acceptors (Lipinski definition) is 3. The lowest BCUT2D eigenvalue weighted by molar-refractivity contribution is 0.0937. The maximum absolute atomic E-state index is 12.3. The molecule has 0 spiro atoms. The predicted molar refractivity (Wildman–Crippen MR) is 82.3 cm³/mol. The molecule has 1 N–H and O–H groups in total. The monoisotopic (exact) mass is 273 g/mol. The van der Waals surface area contributed by atoms with Gasteiger partial charge in [0.2, 0.25) is 0 Å². The molecule has 0 amide bonds. The summed E-state index contributed by atoms with van der Waals surface area (Å²) in [7, 11) is 0. The van der Waals surface area contributed by atoms with Gasteiger partial charge in [-0.15, -0.1) is 0 Å². The SMILES string of the molecule is CCN(CC)CC(=O)c1ccc2nc(C(C)C)[nH]c2c1. The molecule has 0 atom stereocenters. The van der Waals surface area contributed by atoms with Crippen LogP contribution in [-0.2, 0) is 0 Å². The van der Waals surface area contributed by atoms with E-state index in [1.807, 2.05) is 18.2 Å². The zero-order chi connectivity index (χ0) is 14.7. The van der Waals surface area contributed by atoms with Gasteiger partial charge in [0.05, 0.1) is 17.6 Å². The summed E-state index contributed by atoms with van der Waals surface area (Å²) < 4.78 is 0. The first-order chi connectivity index (χ1) is 9.55. The first kappa shape index (κ1) is 14.7. The maximum atomic E-state index is 12.3. The molecule has 4 nitrogen and oxygen atoms in total. The van der Waals surface area contributed by atoms with Crippen molar-refractivity contribution in [1.29, 1.82) is 0 Å². The Morgan fingerprint density at radius 3 is 2.60 bits per heavy atom. The number of nitrogens with one attached hydrogen (secondary N) is 1. The van der Waals surface area contributed by atoms with Crippen LogP contribution in [0, 0.1) is 0 Å². The average molecular weight is 273 g/mol. The van der Waals surface area contributed by atoms with Crippen LogP contribution in [0.2, 0.25) is 0 Å². The molecule has 1 aromatic heterocycles. The van der Waals surface area contributed by atoms with E-state index in [2.05, 4.69) is 42.6 Å². The normalized spacial score (nSPS) is 11.7. The molecular weight excluding hydrogens is 250 g/mol. The molecule has 0 bridgehead atoms. The van der Waals surface area contributed by atoms with Crippen molar-refractivity contribution in [2.75, 3.05) is 19.6 Å². The Hall–Kier alpha value is -1.68. The number of ketones is 1. The van der Waals surface area contributed by atoms with Gasteiger partial charge in [-0.05, 0) is 31.3 Å². The Bertz CT molecular complexity index is 597. The van der Waals surface area contributed by atoms with Crippen molar-refractivity contribution in [2.24, 2.45) is 0 Å². The summed E-state index contributed by atoms with van der Waals surface area (Å²) in [5, 5.41) is 0. The highest BCUT2D eigenvalue weighted by Crippen LogP contribution is 2.18. The lowest BCUT2D eigenvalue weighted by atomic mass is 10.1. The Balaban J connectivity index is 2.24. The number of aromatic amines is 1. The third kappa shape index (κ3) is 3.07. The molecule has 0 radical (unpaired) electrons. The molecular formula is C16H23N3O. The lowest BCUT2D eigenvalue weighted by Gasteiger charge is -2.16. The van der Waals surface area contributed by atoms with Crippen molar-refractivity contribution < 1.29 is 4.79 Å². The Morgan fingerprint density at radius 1 is 1.30 bits per heavy atom. The minimum absolute atomic E-state index is 0.163. The molecule has 1 aromatic carbocycles. The highest BCUT2D eigenvalue weighted by molar-refractivity contribution is 6.00. The van der Waals surface area contributed by atoms with Crippen molar-refractivity contribution in [3.63, 3.8) is 0 Å². The van der Waals surface area contributed by atoms with Gasteiger partial charge in [0, 0.05) is 11.5 Å². The van der Waals surface area contributed by atoms with Gasteiger partial charge in [-0.25, -0.2) is 4.98 Å². The highest BCUT2D eigenvalue weighted by atomic mass is 16.1. The number of nitrogens with zero attached hydrogens (tertiary/aromatic N) is 2. The van der Waals surface area contributed by atoms with Crippen molar-refractivity contribution >= 4 is 16.8 Å². The summed E-state index contributed by atoms with van der Waals surface area (Å²) in [5.41, 5.74) is 2.62. The van der Waals surface area contributed by atoms with Crippen molar-refractivity contribution in [3.05, 3.63) is 29.6 Å². The fourth-order valence-corrected chi connectivity index (χ4v) is 2.22. The average Bonchev–Trinajstić information content (AvgIpc) is 2.87. The number of Topliss-reactive ketones (excluding diaryl/α,β-unsaturated/α-hetero) is 1. The second-order valence-corrected chi connectivity index (χ2v) is 5.39. The van der Waals surface area contributed by atoms with E-state index in [1.54, 1.807) is 0 Å². The molecule has 2 rings (SSSR count). The van der Waals surface area contributed by atoms with Crippen molar-refractivity contribution in [1.82, 2.24) is 14.9 Å². The number of imidazole rings is 1. The van der Waals surface area contributed by atoms with Crippen LogP contribution in [-0.4, -0.2) is 40.3 Å². The van der Waals surface area contributed by atoms with E-state index in [-0.39, 0.29) is 5.78 Å². The number of rotatable bonds is 6. The summed E-state index contributed by atoms with van der Waals surface area (Å²) >= 11 is 0. The number of benzene rings is 1. The summed E-state index contributed by atoms with van der Waals surface area (Å²) in [4.78, 5) is 22.2. The second kappa shape index (κ2) is 6.18. The number of carbonyl (C=O) groups excluding carboxylic acids is 1. The van der Waals surface area contributed by atoms with E-state index < -0.39 is 0 Å². The molecule has 20 heavy (non-hydrogen) atoms. The summed E-state index contributed by atoms with van der Waals surface area (Å²) in [5.74, 6) is 1.49. The quantitative estimate of drug-likeness (QED) is 0.822. The molecule has 0 fully saturated rings. The van der Waals surface area contributed by atoms with Gasteiger partial charge < -0.3 is 4.98 Å². The molecule has 108 valence electrons. The minimum atomic E-state index is 0.163. The second-order valence-electron chi connectivity index (χ2n) is 5.39. The Kier molecular flexibility index (Phi) is 4.55. The van der Waals surface area contributed by atoms with Gasteiger partial charge in [0.15, 0.2) is 5.78 Å². The first-order valence-corrected chi connectivity index (χ1v) is 7.30. The molecule has 1 heterocycles. The zero-order valence-corrected chi connectivity index (χ0v) is 12.7. The van der Waals surface area contributed by atoms with E-state index in [0.717, 1.165) is 35.5 Å². The topological polar surface area (TPSA) is 49.0 Å². The fraction of sp³-hybridized carbons (Fsp3) is 0.500. The lowest BCUT2D eigenvalue weighted by Crippen LogP contribution is -2.29. The molecule has 0 unspecified atom stereocenters. The van der Waals surface area contributed by atoms with E-state index in [1.165, 1.54) is 0 Å². The molecule has 0 aliphatic rings. The Labute approximate surface area is 120 Å². The zero-order valence-electron chi connectivity index (χ0n) is 12.7. The van der Waals surface area contributed by atoms with Crippen LogP contribution < -0.4 is 0 Å². The largest absolute Gasteiger partial charge is 0.342 e. The molecule has 0 saturated heterocycles. The third-order valence-electron chi connectivity index (χ3n) is 3.63. The van der Waals surface area contributed by atoms with Crippen LogP contribution in [0.15, 0.2) is 18.2 Å².